The zero-order valence-electron chi connectivity index (χ0n) is 16.2. The summed E-state index contributed by atoms with van der Waals surface area (Å²) in [7, 11) is 0. The third-order valence-electron chi connectivity index (χ3n) is 5.40. The summed E-state index contributed by atoms with van der Waals surface area (Å²) in [6.45, 7) is 0. The van der Waals surface area contributed by atoms with Crippen molar-refractivity contribution in [3.05, 3.63) is 89.0 Å². The fraction of sp³-hybridized carbons (Fsp3) is 0.167. The molecule has 1 atom stereocenters. The van der Waals surface area contributed by atoms with Crippen molar-refractivity contribution >= 4 is 17.6 Å². The maximum absolute atomic E-state index is 12.8. The largest absolute Gasteiger partial charge is 0.478 e. The molecule has 7 heteroatoms. The van der Waals surface area contributed by atoms with Crippen LogP contribution in [0.2, 0.25) is 0 Å². The average molecular weight is 425 g/mol. The van der Waals surface area contributed by atoms with Crippen LogP contribution in [0.15, 0.2) is 66.7 Å². The van der Waals surface area contributed by atoms with Crippen LogP contribution in [0.1, 0.15) is 27.0 Å². The minimum atomic E-state index is -4.39. The highest BCUT2D eigenvalue weighted by atomic mass is 19.4. The molecule has 0 saturated heterocycles. The summed E-state index contributed by atoms with van der Waals surface area (Å²) in [4.78, 5) is 23.7. The number of rotatable bonds is 4. The van der Waals surface area contributed by atoms with Crippen molar-refractivity contribution in [2.45, 2.75) is 19.0 Å². The van der Waals surface area contributed by atoms with Crippen LogP contribution in [0, 0.1) is 5.92 Å². The average Bonchev–Trinajstić information content (AvgIpc) is 2.74. The Labute approximate surface area is 176 Å². The molecule has 4 nitrogen and oxygen atoms in total. The monoisotopic (exact) mass is 425 g/mol. The molecule has 0 fully saturated rings. The molecule has 31 heavy (non-hydrogen) atoms. The van der Waals surface area contributed by atoms with Crippen LogP contribution in [0.4, 0.5) is 18.9 Å². The minimum absolute atomic E-state index is 0.143. The van der Waals surface area contributed by atoms with E-state index in [1.165, 1.54) is 18.2 Å². The van der Waals surface area contributed by atoms with Gasteiger partial charge in [-0.1, -0.05) is 30.3 Å². The van der Waals surface area contributed by atoms with E-state index >= 15 is 0 Å². The van der Waals surface area contributed by atoms with Crippen LogP contribution in [-0.4, -0.2) is 17.0 Å². The second-order valence-corrected chi connectivity index (χ2v) is 7.55. The van der Waals surface area contributed by atoms with E-state index in [2.05, 4.69) is 5.32 Å². The topological polar surface area (TPSA) is 66.4 Å². The maximum Gasteiger partial charge on any atom is 0.416 e. The number of hydrogen-bond donors (Lipinski definition) is 2. The predicted molar refractivity (Wildman–Crippen MR) is 110 cm³/mol. The van der Waals surface area contributed by atoms with Gasteiger partial charge in [-0.15, -0.1) is 0 Å². The van der Waals surface area contributed by atoms with Gasteiger partial charge in [-0.3, -0.25) is 4.79 Å². The highest BCUT2D eigenvalue weighted by Crippen LogP contribution is 2.34. The van der Waals surface area contributed by atoms with Gasteiger partial charge in [-0.05, 0) is 71.5 Å². The summed E-state index contributed by atoms with van der Waals surface area (Å²) in [6.07, 6.45) is -3.55. The molecule has 2 N–H and O–H groups in total. The standard InChI is InChI=1S/C24H18F3NO3/c25-24(26,27)20-7-4-15(5-8-20)16-6-9-21-18(12-16)13-19(22(29)28-21)11-14-2-1-3-17(10-14)23(30)31/h1-10,12,19H,11,13H2,(H,28,29)(H,30,31). The van der Waals surface area contributed by atoms with Gasteiger partial charge < -0.3 is 10.4 Å². The quantitative estimate of drug-likeness (QED) is 0.586. The lowest BCUT2D eigenvalue weighted by Gasteiger charge is -2.25. The fourth-order valence-corrected chi connectivity index (χ4v) is 3.79. The molecule has 0 spiro atoms. The molecule has 3 aromatic rings. The molecule has 0 bridgehead atoms. The third kappa shape index (κ3) is 4.45. The molecular formula is C24H18F3NO3. The van der Waals surface area contributed by atoms with Crippen molar-refractivity contribution in [2.75, 3.05) is 5.32 Å². The number of carboxylic acid groups (broad SMARTS) is 1. The molecule has 158 valence electrons. The molecule has 4 rings (SSSR count). The normalized spacial score (nSPS) is 15.8. The van der Waals surface area contributed by atoms with Gasteiger partial charge in [0, 0.05) is 11.6 Å². The number of aromatic carboxylic acids is 1. The molecule has 0 aliphatic carbocycles. The first-order valence-electron chi connectivity index (χ1n) is 9.64. The van der Waals surface area contributed by atoms with Gasteiger partial charge in [0.25, 0.3) is 0 Å². The first-order valence-corrected chi connectivity index (χ1v) is 9.64. The van der Waals surface area contributed by atoms with Gasteiger partial charge in [0.2, 0.25) is 5.91 Å². The van der Waals surface area contributed by atoms with Gasteiger partial charge in [-0.2, -0.15) is 13.2 Å². The molecule has 1 unspecified atom stereocenters. The van der Waals surface area contributed by atoms with Crippen LogP contribution >= 0.6 is 0 Å². The fourth-order valence-electron chi connectivity index (χ4n) is 3.79. The highest BCUT2D eigenvalue weighted by Gasteiger charge is 2.30. The minimum Gasteiger partial charge on any atom is -0.478 e. The number of carboxylic acids is 1. The molecule has 1 heterocycles. The second kappa shape index (κ2) is 7.91. The summed E-state index contributed by atoms with van der Waals surface area (Å²) < 4.78 is 38.4. The number of halogens is 3. The van der Waals surface area contributed by atoms with Gasteiger partial charge in [0.1, 0.15) is 0 Å². The van der Waals surface area contributed by atoms with E-state index < -0.39 is 17.7 Å². The van der Waals surface area contributed by atoms with Crippen LogP contribution < -0.4 is 5.32 Å². The lowest BCUT2D eigenvalue weighted by atomic mass is 9.86. The third-order valence-corrected chi connectivity index (χ3v) is 5.40. The Balaban J connectivity index is 1.57. The number of nitrogens with one attached hydrogen (secondary N) is 1. The number of alkyl halides is 3. The molecule has 0 saturated carbocycles. The Morgan fingerprint density at radius 2 is 1.71 bits per heavy atom. The lowest BCUT2D eigenvalue weighted by Crippen LogP contribution is -2.31. The Morgan fingerprint density at radius 1 is 1.00 bits per heavy atom. The molecule has 0 aromatic heterocycles. The van der Waals surface area contributed by atoms with Gasteiger partial charge >= 0.3 is 12.1 Å². The molecular weight excluding hydrogens is 407 g/mol. The molecule has 3 aromatic carbocycles. The van der Waals surface area contributed by atoms with E-state index in [9.17, 15) is 22.8 Å². The van der Waals surface area contributed by atoms with E-state index in [0.717, 1.165) is 28.8 Å². The summed E-state index contributed by atoms with van der Waals surface area (Å²) in [6, 6.07) is 16.8. The van der Waals surface area contributed by atoms with Gasteiger partial charge in [0.05, 0.1) is 11.1 Å². The zero-order valence-corrected chi connectivity index (χ0v) is 16.2. The van der Waals surface area contributed by atoms with E-state index in [-0.39, 0.29) is 17.4 Å². The Kier molecular flexibility index (Phi) is 5.27. The van der Waals surface area contributed by atoms with Crippen LogP contribution in [0.25, 0.3) is 11.1 Å². The summed E-state index contributed by atoms with van der Waals surface area (Å²) >= 11 is 0. The number of benzene rings is 3. The second-order valence-electron chi connectivity index (χ2n) is 7.55. The molecule has 1 aliphatic rings. The number of hydrogen-bond acceptors (Lipinski definition) is 2. The van der Waals surface area contributed by atoms with Crippen LogP contribution in [-0.2, 0) is 23.8 Å². The number of carbonyl (C=O) groups excluding carboxylic acids is 1. The van der Waals surface area contributed by atoms with E-state index in [1.54, 1.807) is 30.3 Å². The summed E-state index contributed by atoms with van der Waals surface area (Å²) in [5.74, 6) is -1.55. The van der Waals surface area contributed by atoms with Crippen molar-refractivity contribution in [3.8, 4) is 11.1 Å². The molecule has 1 amide bonds. The maximum atomic E-state index is 12.8. The van der Waals surface area contributed by atoms with Gasteiger partial charge in [-0.25, -0.2) is 4.79 Å². The lowest BCUT2D eigenvalue weighted by molar-refractivity contribution is -0.137. The summed E-state index contributed by atoms with van der Waals surface area (Å²) in [5, 5.41) is 12.0. The zero-order chi connectivity index (χ0) is 22.2. The number of amides is 1. The van der Waals surface area contributed by atoms with Crippen LogP contribution in [0.5, 0.6) is 0 Å². The van der Waals surface area contributed by atoms with E-state index in [4.69, 9.17) is 5.11 Å². The number of fused-ring (bicyclic) bond motifs is 1. The van der Waals surface area contributed by atoms with Gasteiger partial charge in [0.15, 0.2) is 0 Å². The van der Waals surface area contributed by atoms with E-state index in [1.807, 2.05) is 6.07 Å². The van der Waals surface area contributed by atoms with Crippen molar-refractivity contribution < 1.29 is 27.9 Å². The first kappa shape index (κ1) is 20.7. The smallest absolute Gasteiger partial charge is 0.416 e. The molecule has 0 radical (unpaired) electrons. The SMILES string of the molecule is O=C(O)c1cccc(CC2Cc3cc(-c4ccc(C(F)(F)F)cc4)ccc3NC2=O)c1. The van der Waals surface area contributed by atoms with Crippen molar-refractivity contribution in [1.29, 1.82) is 0 Å². The first-order chi connectivity index (χ1) is 14.7. The Bertz CT molecular complexity index is 1150. The molecule has 1 aliphatic heterocycles. The van der Waals surface area contributed by atoms with E-state index in [0.29, 0.717) is 24.1 Å². The highest BCUT2D eigenvalue weighted by molar-refractivity contribution is 5.96. The number of carbonyl (C=O) groups is 2. The predicted octanol–water partition coefficient (Wildman–Crippen LogP) is 5.42. The van der Waals surface area contributed by atoms with Crippen molar-refractivity contribution in [1.82, 2.24) is 0 Å². The Hall–Kier alpha value is -3.61. The number of anilines is 1. The summed E-state index contributed by atoms with van der Waals surface area (Å²) in [5.41, 5.74) is 3.19. The Morgan fingerprint density at radius 3 is 2.39 bits per heavy atom. The van der Waals surface area contributed by atoms with Crippen LogP contribution in [0.3, 0.4) is 0 Å². The van der Waals surface area contributed by atoms with Crippen molar-refractivity contribution in [2.24, 2.45) is 5.92 Å². The van der Waals surface area contributed by atoms with Crippen molar-refractivity contribution in [3.63, 3.8) is 0 Å².